The standard InChI is InChI=1S/C22H24F2NO5PS/c1-3-16(2)30-31(26,27)22(23,24)20-11-8-17(9-12-20)15-25-32(28,29)21-13-10-18-6-4-5-7-19(18)14-21/h4-14,16,25H,3,15H2,1-2H3,(H,26,27). The highest BCUT2D eigenvalue weighted by molar-refractivity contribution is 7.89. The maximum Gasteiger partial charge on any atom is 0.402 e. The van der Waals surface area contributed by atoms with Gasteiger partial charge in [0.15, 0.2) is 0 Å². The second kappa shape index (κ2) is 9.37. The van der Waals surface area contributed by atoms with Crippen LogP contribution in [0.4, 0.5) is 8.78 Å². The molecule has 32 heavy (non-hydrogen) atoms. The maximum atomic E-state index is 14.5. The summed E-state index contributed by atoms with van der Waals surface area (Å²) in [6.07, 6.45) is -0.503. The van der Waals surface area contributed by atoms with Crippen molar-refractivity contribution >= 4 is 28.4 Å². The predicted molar refractivity (Wildman–Crippen MR) is 119 cm³/mol. The van der Waals surface area contributed by atoms with Gasteiger partial charge in [-0.3, -0.25) is 4.57 Å². The molecule has 0 spiro atoms. The van der Waals surface area contributed by atoms with E-state index in [0.717, 1.165) is 22.9 Å². The van der Waals surface area contributed by atoms with Crippen LogP contribution < -0.4 is 4.72 Å². The van der Waals surface area contributed by atoms with Crippen LogP contribution in [0.2, 0.25) is 0 Å². The Hall–Kier alpha value is -2.16. The fourth-order valence-electron chi connectivity index (χ4n) is 2.97. The Labute approximate surface area is 185 Å². The smallest absolute Gasteiger partial charge is 0.320 e. The van der Waals surface area contributed by atoms with Crippen molar-refractivity contribution in [3.63, 3.8) is 0 Å². The summed E-state index contributed by atoms with van der Waals surface area (Å²) >= 11 is 0. The molecular formula is C22H24F2NO5PS. The number of hydrogen-bond donors (Lipinski definition) is 2. The largest absolute Gasteiger partial charge is 0.402 e. The number of fused-ring (bicyclic) bond motifs is 1. The molecule has 0 fully saturated rings. The Balaban J connectivity index is 1.73. The Bertz CT molecular complexity index is 1250. The summed E-state index contributed by atoms with van der Waals surface area (Å²) in [7, 11) is -9.08. The Kier molecular flexibility index (Phi) is 7.17. The molecule has 0 aliphatic carbocycles. The predicted octanol–water partition coefficient (Wildman–Crippen LogP) is 5.37. The third kappa shape index (κ3) is 5.24. The van der Waals surface area contributed by atoms with Gasteiger partial charge in [-0.25, -0.2) is 13.1 Å². The van der Waals surface area contributed by atoms with Crippen LogP contribution in [0.15, 0.2) is 71.6 Å². The molecule has 10 heteroatoms. The second-order valence-corrected chi connectivity index (χ2v) is 11.0. The van der Waals surface area contributed by atoms with Gasteiger partial charge in [0.05, 0.1) is 11.0 Å². The highest BCUT2D eigenvalue weighted by atomic mass is 32.2. The first-order chi connectivity index (χ1) is 15.0. The summed E-state index contributed by atoms with van der Waals surface area (Å²) in [4.78, 5) is 9.86. The molecule has 0 radical (unpaired) electrons. The van der Waals surface area contributed by atoms with Crippen molar-refractivity contribution in [2.24, 2.45) is 0 Å². The number of nitrogens with one attached hydrogen (secondary N) is 1. The Morgan fingerprint density at radius 1 is 1.06 bits per heavy atom. The number of benzene rings is 3. The second-order valence-electron chi connectivity index (χ2n) is 7.42. The lowest BCUT2D eigenvalue weighted by molar-refractivity contribution is 0.0347. The normalized spacial score (nSPS) is 15.4. The summed E-state index contributed by atoms with van der Waals surface area (Å²) in [5, 5.41) is 1.68. The van der Waals surface area contributed by atoms with Crippen molar-refractivity contribution in [1.29, 1.82) is 0 Å². The molecule has 2 atom stereocenters. The van der Waals surface area contributed by atoms with E-state index >= 15 is 0 Å². The molecule has 3 rings (SSSR count). The summed E-state index contributed by atoms with van der Waals surface area (Å²) in [5.41, 5.74) is -4.38. The number of rotatable bonds is 9. The molecule has 6 nitrogen and oxygen atoms in total. The van der Waals surface area contributed by atoms with Gasteiger partial charge in [0.2, 0.25) is 10.0 Å². The van der Waals surface area contributed by atoms with E-state index in [1.54, 1.807) is 25.1 Å². The molecule has 2 unspecified atom stereocenters. The minimum atomic E-state index is -5.25. The number of alkyl halides is 2. The maximum absolute atomic E-state index is 14.5. The quantitative estimate of drug-likeness (QED) is 0.400. The first-order valence-electron chi connectivity index (χ1n) is 9.93. The van der Waals surface area contributed by atoms with Crippen LogP contribution in [-0.4, -0.2) is 19.4 Å². The third-order valence-electron chi connectivity index (χ3n) is 5.05. The number of halogens is 2. The molecule has 0 heterocycles. The zero-order valence-electron chi connectivity index (χ0n) is 17.5. The van der Waals surface area contributed by atoms with Crippen molar-refractivity contribution in [2.75, 3.05) is 0 Å². The van der Waals surface area contributed by atoms with Crippen molar-refractivity contribution in [1.82, 2.24) is 4.72 Å². The number of sulfonamides is 1. The van der Waals surface area contributed by atoms with Gasteiger partial charge in [0, 0.05) is 12.1 Å². The van der Waals surface area contributed by atoms with Crippen LogP contribution in [0.1, 0.15) is 31.4 Å². The summed E-state index contributed by atoms with van der Waals surface area (Å²) in [6, 6.07) is 16.6. The minimum Gasteiger partial charge on any atom is -0.320 e. The first-order valence-corrected chi connectivity index (χ1v) is 13.0. The van der Waals surface area contributed by atoms with Gasteiger partial charge < -0.3 is 9.42 Å². The first kappa shape index (κ1) is 24.5. The molecule has 0 aromatic heterocycles. The van der Waals surface area contributed by atoms with Gasteiger partial charge in [-0.1, -0.05) is 61.5 Å². The molecule has 172 valence electrons. The minimum absolute atomic E-state index is 0.0859. The van der Waals surface area contributed by atoms with E-state index < -0.39 is 35.0 Å². The topological polar surface area (TPSA) is 92.7 Å². The van der Waals surface area contributed by atoms with E-state index in [1.807, 2.05) is 18.2 Å². The highest BCUT2D eigenvalue weighted by Gasteiger charge is 2.53. The van der Waals surface area contributed by atoms with E-state index in [0.29, 0.717) is 12.0 Å². The Morgan fingerprint density at radius 2 is 1.69 bits per heavy atom. The zero-order chi connectivity index (χ0) is 23.6. The van der Waals surface area contributed by atoms with Crippen molar-refractivity contribution in [3.05, 3.63) is 77.9 Å². The molecular weight excluding hydrogens is 459 g/mol. The van der Waals surface area contributed by atoms with Gasteiger partial charge in [-0.15, -0.1) is 0 Å². The summed E-state index contributed by atoms with van der Waals surface area (Å²) in [6.45, 7) is 2.95. The monoisotopic (exact) mass is 483 g/mol. The number of hydrogen-bond acceptors (Lipinski definition) is 4. The molecule has 0 saturated heterocycles. The third-order valence-corrected chi connectivity index (χ3v) is 8.06. The molecule has 0 aliphatic heterocycles. The molecule has 2 N–H and O–H groups in total. The van der Waals surface area contributed by atoms with Crippen molar-refractivity contribution < 1.29 is 31.2 Å². The molecule has 3 aromatic carbocycles. The van der Waals surface area contributed by atoms with E-state index in [-0.39, 0.29) is 11.4 Å². The summed E-state index contributed by atoms with van der Waals surface area (Å²) in [5.74, 6) is 0. The lowest BCUT2D eigenvalue weighted by atomic mass is 10.1. The van der Waals surface area contributed by atoms with Gasteiger partial charge in [0.1, 0.15) is 0 Å². The van der Waals surface area contributed by atoms with Gasteiger partial charge in [-0.2, -0.15) is 8.78 Å². The van der Waals surface area contributed by atoms with E-state index in [4.69, 9.17) is 0 Å². The lowest BCUT2D eigenvalue weighted by Crippen LogP contribution is -2.23. The lowest BCUT2D eigenvalue weighted by Gasteiger charge is -2.25. The molecule has 0 bridgehead atoms. The van der Waals surface area contributed by atoms with Gasteiger partial charge >= 0.3 is 13.3 Å². The van der Waals surface area contributed by atoms with Crippen LogP contribution >= 0.6 is 7.60 Å². The molecule has 3 aromatic rings. The van der Waals surface area contributed by atoms with Gasteiger partial charge in [0.25, 0.3) is 0 Å². The van der Waals surface area contributed by atoms with E-state index in [9.17, 15) is 26.7 Å². The van der Waals surface area contributed by atoms with E-state index in [2.05, 4.69) is 9.25 Å². The van der Waals surface area contributed by atoms with E-state index in [1.165, 1.54) is 25.1 Å². The van der Waals surface area contributed by atoms with Crippen LogP contribution in [0.5, 0.6) is 0 Å². The van der Waals surface area contributed by atoms with Gasteiger partial charge in [-0.05, 0) is 41.8 Å². The fraction of sp³-hybridized carbons (Fsp3) is 0.273. The SMILES string of the molecule is CCC(C)OP(=O)(O)C(F)(F)c1ccc(CNS(=O)(=O)c2ccc3ccccc3c2)cc1. The fourth-order valence-corrected chi connectivity index (χ4v) is 5.26. The van der Waals surface area contributed by atoms with Crippen LogP contribution in [-0.2, 0) is 31.3 Å². The van der Waals surface area contributed by atoms with Crippen LogP contribution in [0, 0.1) is 0 Å². The van der Waals surface area contributed by atoms with Crippen LogP contribution in [0.25, 0.3) is 10.8 Å². The molecule has 0 amide bonds. The molecule has 0 saturated carbocycles. The average Bonchev–Trinajstić information content (AvgIpc) is 2.77. The average molecular weight is 483 g/mol. The highest BCUT2D eigenvalue weighted by Crippen LogP contribution is 2.63. The van der Waals surface area contributed by atoms with Crippen molar-refractivity contribution in [2.45, 2.75) is 43.5 Å². The summed E-state index contributed by atoms with van der Waals surface area (Å²) < 4.78 is 73.5. The van der Waals surface area contributed by atoms with Crippen molar-refractivity contribution in [3.8, 4) is 0 Å². The Morgan fingerprint density at radius 3 is 2.31 bits per heavy atom. The zero-order valence-corrected chi connectivity index (χ0v) is 19.2. The molecule has 0 aliphatic rings. The van der Waals surface area contributed by atoms with Crippen LogP contribution in [0.3, 0.4) is 0 Å².